The molecule has 5 nitrogen and oxygen atoms in total. The number of nitrogens with one attached hydrogen (secondary N) is 1. The maximum absolute atomic E-state index is 12.6. The second kappa shape index (κ2) is 6.28. The molecule has 6 heteroatoms. The summed E-state index contributed by atoms with van der Waals surface area (Å²) in [5, 5.41) is 0.0561. The number of aromatic amines is 1. The van der Waals surface area contributed by atoms with E-state index < -0.39 is 11.2 Å². The fraction of sp³-hybridized carbons (Fsp3) is 0.333. The van der Waals surface area contributed by atoms with Gasteiger partial charge in [0.1, 0.15) is 5.15 Å². The van der Waals surface area contributed by atoms with Gasteiger partial charge in [0.15, 0.2) is 0 Å². The third kappa shape index (κ3) is 3.09. The van der Waals surface area contributed by atoms with Crippen LogP contribution in [-0.4, -0.2) is 22.8 Å². The predicted molar refractivity (Wildman–Crippen MR) is 83.0 cm³/mol. The van der Waals surface area contributed by atoms with Crippen LogP contribution in [0.4, 0.5) is 0 Å². The lowest BCUT2D eigenvalue weighted by molar-refractivity contribution is 0.101. The van der Waals surface area contributed by atoms with Crippen molar-refractivity contribution in [3.63, 3.8) is 0 Å². The molecule has 1 atom stereocenters. The largest absolute Gasteiger partial charge is 0.380 e. The van der Waals surface area contributed by atoms with Crippen LogP contribution in [0.25, 0.3) is 11.1 Å². The fourth-order valence-electron chi connectivity index (χ4n) is 2.13. The van der Waals surface area contributed by atoms with Gasteiger partial charge in [-0.15, -0.1) is 0 Å². The first kappa shape index (κ1) is 15.5. The van der Waals surface area contributed by atoms with Gasteiger partial charge in [-0.25, -0.2) is 4.79 Å². The van der Waals surface area contributed by atoms with Gasteiger partial charge in [0.2, 0.25) is 0 Å². The Morgan fingerprint density at radius 1 is 1.33 bits per heavy atom. The molecule has 0 aliphatic rings. The highest BCUT2D eigenvalue weighted by atomic mass is 35.5. The maximum atomic E-state index is 12.6. The van der Waals surface area contributed by atoms with Crippen molar-refractivity contribution in [2.45, 2.75) is 26.5 Å². The van der Waals surface area contributed by atoms with Gasteiger partial charge in [-0.05, 0) is 25.0 Å². The molecule has 0 spiro atoms. The van der Waals surface area contributed by atoms with Crippen molar-refractivity contribution in [3.8, 4) is 11.1 Å². The maximum Gasteiger partial charge on any atom is 0.329 e. The van der Waals surface area contributed by atoms with Crippen molar-refractivity contribution in [2.24, 2.45) is 0 Å². The van der Waals surface area contributed by atoms with E-state index in [1.54, 1.807) is 13.0 Å². The average Bonchev–Trinajstić information content (AvgIpc) is 2.45. The van der Waals surface area contributed by atoms with Gasteiger partial charge >= 0.3 is 5.69 Å². The third-order valence-corrected chi connectivity index (χ3v) is 3.68. The Bertz CT molecular complexity index is 764. The van der Waals surface area contributed by atoms with Crippen molar-refractivity contribution in [1.29, 1.82) is 0 Å². The van der Waals surface area contributed by atoms with E-state index >= 15 is 0 Å². The zero-order valence-electron chi connectivity index (χ0n) is 12.1. The average molecular weight is 309 g/mol. The van der Waals surface area contributed by atoms with E-state index in [0.717, 1.165) is 10.1 Å². The summed E-state index contributed by atoms with van der Waals surface area (Å²) in [6, 6.07) is 7.40. The quantitative estimate of drug-likeness (QED) is 0.881. The molecule has 0 saturated heterocycles. The van der Waals surface area contributed by atoms with Gasteiger partial charge in [0.05, 0.1) is 18.2 Å². The number of methoxy groups -OCH3 is 1. The Hall–Kier alpha value is -1.85. The lowest BCUT2D eigenvalue weighted by atomic mass is 10.0. The summed E-state index contributed by atoms with van der Waals surface area (Å²) in [6.45, 7) is 3.84. The number of ether oxygens (including phenoxy) is 1. The summed E-state index contributed by atoms with van der Waals surface area (Å²) in [6.07, 6.45) is -0.255. The van der Waals surface area contributed by atoms with Gasteiger partial charge in [-0.2, -0.15) is 0 Å². The Kier molecular flexibility index (Phi) is 4.65. The van der Waals surface area contributed by atoms with E-state index in [9.17, 15) is 9.59 Å². The minimum atomic E-state index is -0.536. The van der Waals surface area contributed by atoms with E-state index in [4.69, 9.17) is 16.3 Å². The Morgan fingerprint density at radius 2 is 2.00 bits per heavy atom. The monoisotopic (exact) mass is 308 g/mol. The topological polar surface area (TPSA) is 64.1 Å². The van der Waals surface area contributed by atoms with Crippen LogP contribution in [-0.2, 0) is 11.3 Å². The molecule has 0 aliphatic heterocycles. The minimum Gasteiger partial charge on any atom is -0.380 e. The molecule has 112 valence electrons. The number of rotatable bonds is 4. The Labute approximate surface area is 127 Å². The fourth-order valence-corrected chi connectivity index (χ4v) is 2.39. The summed E-state index contributed by atoms with van der Waals surface area (Å²) < 4.78 is 6.23. The van der Waals surface area contributed by atoms with Crippen LogP contribution in [0.15, 0.2) is 33.9 Å². The van der Waals surface area contributed by atoms with Crippen LogP contribution in [0.1, 0.15) is 12.5 Å². The normalized spacial score (nSPS) is 12.4. The van der Waals surface area contributed by atoms with E-state index in [0.29, 0.717) is 11.1 Å². The van der Waals surface area contributed by atoms with Crippen molar-refractivity contribution in [3.05, 3.63) is 55.8 Å². The summed E-state index contributed by atoms with van der Waals surface area (Å²) in [5.74, 6) is 0. The van der Waals surface area contributed by atoms with Gasteiger partial charge in [0.25, 0.3) is 5.56 Å². The summed E-state index contributed by atoms with van der Waals surface area (Å²) in [5.41, 5.74) is 0.975. The first-order valence-corrected chi connectivity index (χ1v) is 6.95. The molecule has 1 N–H and O–H groups in total. The van der Waals surface area contributed by atoms with E-state index in [1.165, 1.54) is 7.11 Å². The second-order valence-electron chi connectivity index (χ2n) is 4.90. The minimum absolute atomic E-state index is 0.0561. The third-order valence-electron chi connectivity index (χ3n) is 3.40. The van der Waals surface area contributed by atoms with Crippen LogP contribution in [0.2, 0.25) is 5.15 Å². The predicted octanol–water partition coefficient (Wildman–Crippen LogP) is 2.20. The molecule has 1 aromatic carbocycles. The van der Waals surface area contributed by atoms with E-state index in [-0.39, 0.29) is 17.8 Å². The molecule has 0 amide bonds. The molecule has 0 fully saturated rings. The SMILES string of the molecule is COC(C)Cn1c(=O)[nH]c(Cl)c(-c2ccccc2C)c1=O. The standard InChI is InChI=1S/C15H17ClN2O3/c1-9-6-4-5-7-11(9)12-13(16)17-15(20)18(14(12)19)8-10(2)21-3/h4-7,10H,8H2,1-3H3,(H,17,20). The number of nitrogens with zero attached hydrogens (tertiary/aromatic N) is 1. The molecular weight excluding hydrogens is 292 g/mol. The number of hydrogen-bond donors (Lipinski definition) is 1. The number of halogens is 1. The highest BCUT2D eigenvalue weighted by molar-refractivity contribution is 6.32. The molecule has 1 unspecified atom stereocenters. The van der Waals surface area contributed by atoms with Crippen LogP contribution in [0, 0.1) is 6.92 Å². The van der Waals surface area contributed by atoms with Gasteiger partial charge in [0, 0.05) is 7.11 Å². The van der Waals surface area contributed by atoms with Gasteiger partial charge in [-0.3, -0.25) is 14.3 Å². The number of hydrogen-bond acceptors (Lipinski definition) is 3. The van der Waals surface area contributed by atoms with Crippen molar-refractivity contribution in [1.82, 2.24) is 9.55 Å². The summed E-state index contributed by atoms with van der Waals surface area (Å²) >= 11 is 6.08. The Morgan fingerprint density at radius 3 is 2.62 bits per heavy atom. The zero-order valence-corrected chi connectivity index (χ0v) is 12.9. The molecule has 0 bridgehead atoms. The molecule has 1 aromatic heterocycles. The molecule has 0 saturated carbocycles. The van der Waals surface area contributed by atoms with Crippen LogP contribution < -0.4 is 11.2 Å². The van der Waals surface area contributed by atoms with E-state index in [2.05, 4.69) is 4.98 Å². The van der Waals surface area contributed by atoms with Crippen LogP contribution in [0.3, 0.4) is 0 Å². The van der Waals surface area contributed by atoms with Crippen LogP contribution in [0.5, 0.6) is 0 Å². The molecule has 21 heavy (non-hydrogen) atoms. The highest BCUT2D eigenvalue weighted by Gasteiger charge is 2.17. The van der Waals surface area contributed by atoms with Gasteiger partial charge < -0.3 is 4.74 Å². The molecule has 0 radical (unpaired) electrons. The molecule has 2 rings (SSSR count). The van der Waals surface area contributed by atoms with Crippen molar-refractivity contribution in [2.75, 3.05) is 7.11 Å². The smallest absolute Gasteiger partial charge is 0.329 e. The van der Waals surface area contributed by atoms with Gasteiger partial charge in [-0.1, -0.05) is 35.9 Å². The Balaban J connectivity index is 2.68. The highest BCUT2D eigenvalue weighted by Crippen LogP contribution is 2.24. The second-order valence-corrected chi connectivity index (χ2v) is 5.27. The number of aryl methyl sites for hydroxylation is 1. The number of H-pyrrole nitrogens is 1. The first-order chi connectivity index (χ1) is 9.95. The molecular formula is C15H17ClN2O3. The number of aromatic nitrogens is 2. The van der Waals surface area contributed by atoms with Crippen molar-refractivity contribution >= 4 is 11.6 Å². The number of benzene rings is 1. The molecule has 0 aliphatic carbocycles. The van der Waals surface area contributed by atoms with E-state index in [1.807, 2.05) is 25.1 Å². The zero-order chi connectivity index (χ0) is 15.6. The lowest BCUT2D eigenvalue weighted by Crippen LogP contribution is -2.39. The van der Waals surface area contributed by atoms with Crippen LogP contribution >= 0.6 is 11.6 Å². The lowest BCUT2D eigenvalue weighted by Gasteiger charge is -2.13. The molecule has 1 heterocycles. The molecule has 2 aromatic rings. The summed E-state index contributed by atoms with van der Waals surface area (Å²) in [7, 11) is 1.53. The summed E-state index contributed by atoms with van der Waals surface area (Å²) in [4.78, 5) is 27.1. The van der Waals surface area contributed by atoms with Crippen molar-refractivity contribution < 1.29 is 4.74 Å². The first-order valence-electron chi connectivity index (χ1n) is 6.57.